The Morgan fingerprint density at radius 3 is 2.00 bits per heavy atom. The van der Waals surface area contributed by atoms with Crippen molar-refractivity contribution >= 4 is 23.1 Å². The maximum Gasteiger partial charge on any atom is 0.192 e. The molecule has 1 rings (SSSR count). The fourth-order valence-electron chi connectivity index (χ4n) is 3.55. The van der Waals surface area contributed by atoms with Crippen LogP contribution >= 0.6 is 0 Å². The smallest absolute Gasteiger partial charge is 0.192 e. The van der Waals surface area contributed by atoms with Gasteiger partial charge in [-0.2, -0.15) is 0 Å². The van der Waals surface area contributed by atoms with E-state index in [-0.39, 0.29) is 18.8 Å². The number of rotatable bonds is 10. The molecule has 0 heterocycles. The van der Waals surface area contributed by atoms with E-state index in [1.165, 1.54) is 0 Å². The lowest BCUT2D eigenvalue weighted by Gasteiger charge is -2.26. The minimum absolute atomic E-state index is 0.0382. The number of ketones is 4. The maximum absolute atomic E-state index is 12.9. The lowest BCUT2D eigenvalue weighted by molar-refractivity contribution is -0.154. The third-order valence-corrected chi connectivity index (χ3v) is 5.27. The Labute approximate surface area is 156 Å². The maximum atomic E-state index is 12.9. The van der Waals surface area contributed by atoms with Crippen LogP contribution in [-0.2, 0) is 19.2 Å². The molecular weight excluding hydrogens is 332 g/mol. The molecule has 1 fully saturated rings. The molecule has 0 bridgehead atoms. The van der Waals surface area contributed by atoms with Crippen LogP contribution < -0.4 is 0 Å². The highest BCUT2D eigenvalue weighted by Gasteiger charge is 2.64. The Kier molecular flexibility index (Phi) is 7.87. The largest absolute Gasteiger partial charge is 0.374 e. The topological polar surface area (TPSA) is 88.5 Å². The van der Waals surface area contributed by atoms with Crippen molar-refractivity contribution in [3.8, 4) is 0 Å². The SMILES string of the molecule is CC(C)CCCC1C(=O)C(C(=O)C(C)C)C(=O)C1(O)C(=O)CCC(C)C. The van der Waals surface area contributed by atoms with Gasteiger partial charge in [0.15, 0.2) is 28.7 Å². The van der Waals surface area contributed by atoms with E-state index >= 15 is 0 Å². The van der Waals surface area contributed by atoms with Crippen LogP contribution in [0.15, 0.2) is 0 Å². The molecule has 3 unspecified atom stereocenters. The highest BCUT2D eigenvalue weighted by Crippen LogP contribution is 2.40. The summed E-state index contributed by atoms with van der Waals surface area (Å²) < 4.78 is 0. The summed E-state index contributed by atoms with van der Waals surface area (Å²) in [5.74, 6) is -5.02. The number of aliphatic hydroxyl groups is 1. The molecule has 0 amide bonds. The van der Waals surface area contributed by atoms with Crippen molar-refractivity contribution in [3.05, 3.63) is 0 Å². The minimum atomic E-state index is -2.34. The van der Waals surface area contributed by atoms with Crippen LogP contribution in [0.2, 0.25) is 0 Å². The predicted octanol–water partition coefficient (Wildman–Crippen LogP) is 3.16. The molecule has 1 aliphatic carbocycles. The molecule has 5 heteroatoms. The predicted molar refractivity (Wildman–Crippen MR) is 99.6 cm³/mol. The first kappa shape index (κ1) is 22.7. The molecule has 0 saturated heterocycles. The van der Waals surface area contributed by atoms with E-state index in [0.717, 1.165) is 6.42 Å². The molecular formula is C21H34O5. The van der Waals surface area contributed by atoms with Gasteiger partial charge in [0, 0.05) is 12.3 Å². The highest BCUT2D eigenvalue weighted by molar-refractivity contribution is 6.33. The summed E-state index contributed by atoms with van der Waals surface area (Å²) in [6.45, 7) is 11.2. The fourth-order valence-corrected chi connectivity index (χ4v) is 3.55. The van der Waals surface area contributed by atoms with Crippen molar-refractivity contribution in [1.82, 2.24) is 0 Å². The van der Waals surface area contributed by atoms with Crippen molar-refractivity contribution < 1.29 is 24.3 Å². The van der Waals surface area contributed by atoms with Crippen LogP contribution in [0.25, 0.3) is 0 Å². The Balaban J connectivity index is 3.17. The Bertz CT molecular complexity index is 561. The van der Waals surface area contributed by atoms with Gasteiger partial charge < -0.3 is 5.11 Å². The van der Waals surface area contributed by atoms with Crippen molar-refractivity contribution in [3.63, 3.8) is 0 Å². The van der Waals surface area contributed by atoms with Gasteiger partial charge in [-0.15, -0.1) is 0 Å². The van der Waals surface area contributed by atoms with Gasteiger partial charge in [-0.3, -0.25) is 19.2 Å². The standard InChI is InChI=1S/C21H34O5/c1-12(2)8-7-9-15-19(24)17(18(23)14(5)6)20(25)21(15,26)16(22)11-10-13(3)4/h12-15,17,26H,7-11H2,1-6H3. The number of carbonyl (C=O) groups is 4. The summed E-state index contributed by atoms with van der Waals surface area (Å²) in [6, 6.07) is 0. The molecule has 0 radical (unpaired) electrons. The van der Waals surface area contributed by atoms with Gasteiger partial charge in [0.1, 0.15) is 5.92 Å². The number of hydrogen-bond acceptors (Lipinski definition) is 5. The van der Waals surface area contributed by atoms with E-state index in [9.17, 15) is 24.3 Å². The van der Waals surface area contributed by atoms with E-state index < -0.39 is 46.5 Å². The van der Waals surface area contributed by atoms with E-state index in [0.29, 0.717) is 18.8 Å². The Morgan fingerprint density at radius 1 is 1.00 bits per heavy atom. The number of hydrogen-bond donors (Lipinski definition) is 1. The van der Waals surface area contributed by atoms with Gasteiger partial charge in [-0.25, -0.2) is 0 Å². The average molecular weight is 366 g/mol. The molecule has 148 valence electrons. The zero-order valence-electron chi connectivity index (χ0n) is 17.0. The van der Waals surface area contributed by atoms with Gasteiger partial charge in [0.2, 0.25) is 0 Å². The van der Waals surface area contributed by atoms with E-state index in [4.69, 9.17) is 0 Å². The number of Topliss-reactive ketones (excluding diaryl/α,β-unsaturated/α-hetero) is 4. The summed E-state index contributed by atoms with van der Waals surface area (Å²) in [7, 11) is 0. The molecule has 1 N–H and O–H groups in total. The molecule has 1 saturated carbocycles. The van der Waals surface area contributed by atoms with Gasteiger partial charge in [-0.1, -0.05) is 54.4 Å². The van der Waals surface area contributed by atoms with Crippen molar-refractivity contribution in [2.75, 3.05) is 0 Å². The van der Waals surface area contributed by atoms with E-state index in [1.54, 1.807) is 13.8 Å². The second-order valence-corrected chi connectivity index (χ2v) is 8.76. The summed E-state index contributed by atoms with van der Waals surface area (Å²) in [5, 5.41) is 11.1. The lowest BCUT2D eigenvalue weighted by atomic mass is 9.80. The quantitative estimate of drug-likeness (QED) is 0.600. The number of carbonyl (C=O) groups excluding carboxylic acids is 4. The first-order valence-corrected chi connectivity index (χ1v) is 9.81. The van der Waals surface area contributed by atoms with Gasteiger partial charge >= 0.3 is 0 Å². The zero-order chi connectivity index (χ0) is 20.2. The van der Waals surface area contributed by atoms with Crippen molar-refractivity contribution in [2.24, 2.45) is 29.6 Å². The third kappa shape index (κ3) is 4.67. The zero-order valence-corrected chi connectivity index (χ0v) is 17.0. The van der Waals surface area contributed by atoms with Crippen LogP contribution in [0.3, 0.4) is 0 Å². The third-order valence-electron chi connectivity index (χ3n) is 5.27. The van der Waals surface area contributed by atoms with E-state index in [2.05, 4.69) is 0 Å². The molecule has 26 heavy (non-hydrogen) atoms. The lowest BCUT2D eigenvalue weighted by Crippen LogP contribution is -2.50. The molecule has 0 aromatic carbocycles. The van der Waals surface area contributed by atoms with Crippen LogP contribution in [-0.4, -0.2) is 33.8 Å². The second-order valence-electron chi connectivity index (χ2n) is 8.76. The van der Waals surface area contributed by atoms with Crippen molar-refractivity contribution in [2.45, 2.75) is 79.2 Å². The van der Waals surface area contributed by atoms with E-state index in [1.807, 2.05) is 27.7 Å². The second kappa shape index (κ2) is 9.03. The summed E-state index contributed by atoms with van der Waals surface area (Å²) in [6.07, 6.45) is 2.29. The fraction of sp³-hybridized carbons (Fsp3) is 0.810. The summed E-state index contributed by atoms with van der Waals surface area (Å²) in [4.78, 5) is 50.9. The van der Waals surface area contributed by atoms with Crippen LogP contribution in [0.5, 0.6) is 0 Å². The molecule has 1 aliphatic rings. The monoisotopic (exact) mass is 366 g/mol. The van der Waals surface area contributed by atoms with Crippen LogP contribution in [0.4, 0.5) is 0 Å². The average Bonchev–Trinajstić information content (AvgIpc) is 2.72. The first-order valence-electron chi connectivity index (χ1n) is 9.81. The molecule has 5 nitrogen and oxygen atoms in total. The molecule has 0 aromatic heterocycles. The molecule has 0 aliphatic heterocycles. The van der Waals surface area contributed by atoms with Gasteiger partial charge in [0.05, 0.1) is 5.92 Å². The van der Waals surface area contributed by atoms with Gasteiger partial charge in [0.25, 0.3) is 0 Å². The summed E-state index contributed by atoms with van der Waals surface area (Å²) in [5.41, 5.74) is -2.34. The van der Waals surface area contributed by atoms with Crippen LogP contribution in [0, 0.1) is 29.6 Å². The molecule has 0 aromatic rings. The highest BCUT2D eigenvalue weighted by atomic mass is 16.3. The Morgan fingerprint density at radius 2 is 1.54 bits per heavy atom. The molecule has 3 atom stereocenters. The van der Waals surface area contributed by atoms with Gasteiger partial charge in [-0.05, 0) is 24.7 Å². The molecule has 0 spiro atoms. The minimum Gasteiger partial charge on any atom is -0.374 e. The Hall–Kier alpha value is -1.36. The van der Waals surface area contributed by atoms with Crippen LogP contribution in [0.1, 0.15) is 73.6 Å². The summed E-state index contributed by atoms with van der Waals surface area (Å²) >= 11 is 0. The normalized spacial score (nSPS) is 26.4. The first-order chi connectivity index (χ1) is 11.9. The van der Waals surface area contributed by atoms with Crippen molar-refractivity contribution in [1.29, 1.82) is 0 Å².